The van der Waals surface area contributed by atoms with E-state index in [-0.39, 0.29) is 0 Å². The van der Waals surface area contributed by atoms with Crippen LogP contribution in [0.4, 0.5) is 11.4 Å². The number of aliphatic imine (C=N–C) groups is 2. The molecule has 0 heterocycles. The van der Waals surface area contributed by atoms with Gasteiger partial charge in [-0.3, -0.25) is 9.98 Å². The molecule has 28 heavy (non-hydrogen) atoms. The summed E-state index contributed by atoms with van der Waals surface area (Å²) in [6.07, 6.45) is 3.64. The van der Waals surface area contributed by atoms with Crippen molar-refractivity contribution in [2.45, 2.75) is 0 Å². The quantitative estimate of drug-likeness (QED) is 0.313. The summed E-state index contributed by atoms with van der Waals surface area (Å²) in [5.74, 6) is 0. The maximum absolute atomic E-state index is 6.05. The van der Waals surface area contributed by atoms with Crippen molar-refractivity contribution in [2.24, 2.45) is 9.98 Å². The minimum absolute atomic E-state index is 0.694. The lowest BCUT2D eigenvalue weighted by Gasteiger charge is -2.05. The third-order valence-corrected chi connectivity index (χ3v) is 4.75. The molecule has 0 fully saturated rings. The highest BCUT2D eigenvalue weighted by atomic mass is 35.5. The van der Waals surface area contributed by atoms with Crippen LogP contribution in [0.2, 0.25) is 10.0 Å². The molecule has 4 aromatic rings. The second-order valence-electron chi connectivity index (χ2n) is 6.28. The van der Waals surface area contributed by atoms with Crippen molar-refractivity contribution in [1.29, 1.82) is 0 Å². The molecule has 4 rings (SSSR count). The predicted molar refractivity (Wildman–Crippen MR) is 121 cm³/mol. The van der Waals surface area contributed by atoms with E-state index in [1.807, 2.05) is 85.2 Å². The van der Waals surface area contributed by atoms with Crippen LogP contribution in [-0.2, 0) is 0 Å². The van der Waals surface area contributed by atoms with Crippen LogP contribution in [0.15, 0.2) is 94.9 Å². The molecule has 136 valence electrons. The molecule has 0 aliphatic rings. The zero-order valence-electron chi connectivity index (χ0n) is 14.9. The van der Waals surface area contributed by atoms with Crippen LogP contribution in [0.25, 0.3) is 10.8 Å². The summed E-state index contributed by atoms with van der Waals surface area (Å²) in [5, 5.41) is 3.47. The van der Waals surface area contributed by atoms with Gasteiger partial charge in [-0.25, -0.2) is 0 Å². The summed E-state index contributed by atoms with van der Waals surface area (Å²) in [5.41, 5.74) is 3.69. The molecule has 0 aliphatic carbocycles. The van der Waals surface area contributed by atoms with Gasteiger partial charge in [0.25, 0.3) is 0 Å². The second-order valence-corrected chi connectivity index (χ2v) is 7.15. The van der Waals surface area contributed by atoms with Crippen molar-refractivity contribution in [3.05, 3.63) is 106 Å². The van der Waals surface area contributed by atoms with Crippen LogP contribution in [-0.4, -0.2) is 12.4 Å². The highest BCUT2D eigenvalue weighted by molar-refractivity contribution is 6.31. The Morgan fingerprint density at radius 1 is 0.536 bits per heavy atom. The fraction of sp³-hybridized carbons (Fsp3) is 0. The number of nitrogens with zero attached hydrogens (tertiary/aromatic N) is 2. The summed E-state index contributed by atoms with van der Waals surface area (Å²) in [4.78, 5) is 9.33. The van der Waals surface area contributed by atoms with Gasteiger partial charge in [-0.2, -0.15) is 0 Å². The minimum atomic E-state index is 0.694. The molecule has 2 nitrogen and oxygen atoms in total. The smallest absolute Gasteiger partial charge is 0.0709 e. The van der Waals surface area contributed by atoms with Crippen LogP contribution in [0.3, 0.4) is 0 Å². The van der Waals surface area contributed by atoms with E-state index >= 15 is 0 Å². The molecule has 0 unspecified atom stereocenters. The molecule has 0 radical (unpaired) electrons. The van der Waals surface area contributed by atoms with Gasteiger partial charge in [0.1, 0.15) is 0 Å². The van der Waals surface area contributed by atoms with Crippen molar-refractivity contribution < 1.29 is 0 Å². The minimum Gasteiger partial charge on any atom is -0.256 e. The Morgan fingerprint density at radius 3 is 1.39 bits per heavy atom. The Labute approximate surface area is 173 Å². The standard InChI is InChI=1S/C24H16Cl2N2/c25-19-7-1-5-17(13-19)15-27-23-11-3-10-22-21(23)9-4-12-24(22)28-16-18-6-2-8-20(26)14-18/h1-16H. The molecule has 4 aromatic carbocycles. The monoisotopic (exact) mass is 402 g/mol. The SMILES string of the molecule is Clc1cccc(C=Nc2cccc3c(N=Cc4cccc(Cl)c4)cccc23)c1. The lowest BCUT2D eigenvalue weighted by molar-refractivity contribution is 1.53. The Morgan fingerprint density at radius 2 is 0.964 bits per heavy atom. The fourth-order valence-electron chi connectivity index (χ4n) is 2.96. The van der Waals surface area contributed by atoms with Gasteiger partial charge >= 0.3 is 0 Å². The molecule has 0 aromatic heterocycles. The van der Waals surface area contributed by atoms with E-state index in [1.165, 1.54) is 0 Å². The predicted octanol–water partition coefficient (Wildman–Crippen LogP) is 7.65. The summed E-state index contributed by atoms with van der Waals surface area (Å²) >= 11 is 12.1. The summed E-state index contributed by atoms with van der Waals surface area (Å²) in [6, 6.07) is 27.3. The number of hydrogen-bond acceptors (Lipinski definition) is 2. The fourth-order valence-corrected chi connectivity index (χ4v) is 3.36. The van der Waals surface area contributed by atoms with Gasteiger partial charge < -0.3 is 0 Å². The maximum Gasteiger partial charge on any atom is 0.0709 e. The lowest BCUT2D eigenvalue weighted by atomic mass is 10.1. The lowest BCUT2D eigenvalue weighted by Crippen LogP contribution is -1.82. The molecule has 0 aliphatic heterocycles. The van der Waals surface area contributed by atoms with Crippen LogP contribution >= 0.6 is 23.2 Å². The Kier molecular flexibility index (Phi) is 5.52. The third-order valence-electron chi connectivity index (χ3n) is 4.28. The molecule has 4 heteroatoms. The van der Waals surface area contributed by atoms with Crippen molar-refractivity contribution >= 4 is 57.8 Å². The number of halogens is 2. The molecule has 0 spiro atoms. The highest BCUT2D eigenvalue weighted by Gasteiger charge is 2.03. The van der Waals surface area contributed by atoms with E-state index in [0.717, 1.165) is 33.3 Å². The first-order valence-electron chi connectivity index (χ1n) is 8.80. The van der Waals surface area contributed by atoms with E-state index in [9.17, 15) is 0 Å². The molecule has 0 saturated carbocycles. The zero-order valence-corrected chi connectivity index (χ0v) is 16.4. The summed E-state index contributed by atoms with van der Waals surface area (Å²) < 4.78 is 0. The molecular weight excluding hydrogens is 387 g/mol. The van der Waals surface area contributed by atoms with Crippen molar-refractivity contribution in [2.75, 3.05) is 0 Å². The van der Waals surface area contributed by atoms with Crippen molar-refractivity contribution in [3.63, 3.8) is 0 Å². The van der Waals surface area contributed by atoms with Gasteiger partial charge in [0, 0.05) is 33.2 Å². The van der Waals surface area contributed by atoms with Crippen LogP contribution in [0.5, 0.6) is 0 Å². The maximum atomic E-state index is 6.05. The van der Waals surface area contributed by atoms with Gasteiger partial charge in [0.15, 0.2) is 0 Å². The van der Waals surface area contributed by atoms with Gasteiger partial charge in [0.05, 0.1) is 11.4 Å². The first kappa shape index (κ1) is 18.4. The van der Waals surface area contributed by atoms with Gasteiger partial charge in [0.2, 0.25) is 0 Å². The zero-order chi connectivity index (χ0) is 19.3. The summed E-state index contributed by atoms with van der Waals surface area (Å²) in [6.45, 7) is 0. The number of hydrogen-bond donors (Lipinski definition) is 0. The van der Waals surface area contributed by atoms with E-state index in [1.54, 1.807) is 0 Å². The Bertz CT molecular complexity index is 1100. The molecule has 0 atom stereocenters. The normalized spacial score (nSPS) is 11.6. The largest absolute Gasteiger partial charge is 0.256 e. The highest BCUT2D eigenvalue weighted by Crippen LogP contribution is 2.32. The van der Waals surface area contributed by atoms with E-state index in [2.05, 4.69) is 22.1 Å². The van der Waals surface area contributed by atoms with Crippen molar-refractivity contribution in [3.8, 4) is 0 Å². The van der Waals surface area contributed by atoms with Crippen molar-refractivity contribution in [1.82, 2.24) is 0 Å². The van der Waals surface area contributed by atoms with Gasteiger partial charge in [-0.1, -0.05) is 71.7 Å². The van der Waals surface area contributed by atoms with Gasteiger partial charge in [-0.05, 0) is 47.5 Å². The average Bonchev–Trinajstić information content (AvgIpc) is 2.71. The Balaban J connectivity index is 1.70. The molecule has 0 amide bonds. The first-order chi connectivity index (χ1) is 13.7. The van der Waals surface area contributed by atoms with E-state index in [4.69, 9.17) is 23.2 Å². The van der Waals surface area contributed by atoms with Gasteiger partial charge in [-0.15, -0.1) is 0 Å². The van der Waals surface area contributed by atoms with E-state index in [0.29, 0.717) is 10.0 Å². The molecule has 0 bridgehead atoms. The topological polar surface area (TPSA) is 24.7 Å². The van der Waals surface area contributed by atoms with Crippen LogP contribution < -0.4 is 0 Å². The summed E-state index contributed by atoms with van der Waals surface area (Å²) in [7, 11) is 0. The average molecular weight is 403 g/mol. The Hall–Kier alpha value is -2.94. The van der Waals surface area contributed by atoms with Crippen LogP contribution in [0, 0.1) is 0 Å². The number of benzene rings is 4. The number of rotatable bonds is 4. The van der Waals surface area contributed by atoms with Crippen LogP contribution in [0.1, 0.15) is 11.1 Å². The van der Waals surface area contributed by atoms with E-state index < -0.39 is 0 Å². The molecule has 0 saturated heterocycles. The third kappa shape index (κ3) is 4.30. The first-order valence-corrected chi connectivity index (χ1v) is 9.56. The molecule has 0 N–H and O–H groups in total. The number of fused-ring (bicyclic) bond motifs is 1. The molecular formula is C24H16Cl2N2. The second kappa shape index (κ2) is 8.39.